The van der Waals surface area contributed by atoms with Crippen molar-refractivity contribution >= 4 is 40.6 Å². The molecule has 31 heavy (non-hydrogen) atoms. The number of fused-ring (bicyclic) bond motifs is 1. The zero-order valence-electron chi connectivity index (χ0n) is 15.4. The quantitative estimate of drug-likeness (QED) is 0.431. The minimum Gasteiger partial charge on any atom is -0.481 e. The number of hydrogen-bond donors (Lipinski definition) is 0. The van der Waals surface area contributed by atoms with E-state index in [0.29, 0.717) is 22.6 Å². The first-order valence-electron chi connectivity index (χ1n) is 8.96. The molecule has 3 aromatic rings. The Kier molecular flexibility index (Phi) is 7.48. The van der Waals surface area contributed by atoms with Crippen LogP contribution in [0.1, 0.15) is 26.1 Å². The SMILES string of the molecule is C.C.C#CCOc1ccc(/C=C/c2ccc3cccc(N4C(=O)C=CC4=O)c3n2)cc1. The molecule has 0 spiro atoms. The van der Waals surface area contributed by atoms with Crippen LogP contribution in [0.5, 0.6) is 5.75 Å². The van der Waals surface area contributed by atoms with E-state index in [9.17, 15) is 9.59 Å². The van der Waals surface area contributed by atoms with Crippen molar-refractivity contribution in [2.24, 2.45) is 0 Å². The van der Waals surface area contributed by atoms with Crippen LogP contribution >= 0.6 is 0 Å². The van der Waals surface area contributed by atoms with Crippen LogP contribution in [0.4, 0.5) is 5.69 Å². The highest BCUT2D eigenvalue weighted by atomic mass is 16.5. The molecule has 0 N–H and O–H groups in total. The van der Waals surface area contributed by atoms with Crippen LogP contribution < -0.4 is 9.64 Å². The molecule has 156 valence electrons. The lowest BCUT2D eigenvalue weighted by Gasteiger charge is -2.15. The third kappa shape index (κ3) is 4.88. The summed E-state index contributed by atoms with van der Waals surface area (Å²) in [5, 5.41) is 0.849. The normalized spacial score (nSPS) is 12.5. The van der Waals surface area contributed by atoms with Crippen molar-refractivity contribution in [3.63, 3.8) is 0 Å². The number of aromatic nitrogens is 1. The summed E-state index contributed by atoms with van der Waals surface area (Å²) in [7, 11) is 0. The maximum atomic E-state index is 12.1. The lowest BCUT2D eigenvalue weighted by molar-refractivity contribution is -0.119. The van der Waals surface area contributed by atoms with Crippen molar-refractivity contribution in [2.45, 2.75) is 14.9 Å². The number of anilines is 1. The summed E-state index contributed by atoms with van der Waals surface area (Å²) < 4.78 is 5.36. The molecular weight excluding hydrogens is 388 g/mol. The van der Waals surface area contributed by atoms with Gasteiger partial charge >= 0.3 is 0 Å². The van der Waals surface area contributed by atoms with E-state index in [-0.39, 0.29) is 33.3 Å². The summed E-state index contributed by atoms with van der Waals surface area (Å²) >= 11 is 0. The molecule has 2 amide bonds. The van der Waals surface area contributed by atoms with Gasteiger partial charge in [0.25, 0.3) is 11.8 Å². The number of ether oxygens (including phenoxy) is 1. The average molecular weight is 412 g/mol. The summed E-state index contributed by atoms with van der Waals surface area (Å²) in [6, 6.07) is 16.8. The molecule has 4 rings (SSSR count). The molecule has 1 aliphatic heterocycles. The molecule has 0 atom stereocenters. The summed E-state index contributed by atoms with van der Waals surface area (Å²) in [6.45, 7) is 0.232. The van der Waals surface area contributed by atoms with Crippen molar-refractivity contribution < 1.29 is 14.3 Å². The van der Waals surface area contributed by atoms with Gasteiger partial charge in [-0.2, -0.15) is 0 Å². The molecule has 0 saturated heterocycles. The number of pyridine rings is 1. The molecular formula is C26H24N2O3. The van der Waals surface area contributed by atoms with Gasteiger partial charge in [0.05, 0.1) is 16.9 Å². The van der Waals surface area contributed by atoms with Gasteiger partial charge in [0.1, 0.15) is 12.4 Å². The van der Waals surface area contributed by atoms with E-state index in [2.05, 4.69) is 10.9 Å². The molecule has 1 aliphatic rings. The topological polar surface area (TPSA) is 59.5 Å². The van der Waals surface area contributed by atoms with Crippen LogP contribution in [0.3, 0.4) is 0 Å². The van der Waals surface area contributed by atoms with Gasteiger partial charge in [0, 0.05) is 17.5 Å². The molecule has 2 aromatic carbocycles. The second-order valence-corrected chi connectivity index (χ2v) is 6.33. The Balaban J connectivity index is 0.00000171. The highest BCUT2D eigenvalue weighted by Gasteiger charge is 2.26. The maximum absolute atomic E-state index is 12.1. The molecule has 0 bridgehead atoms. The zero-order valence-corrected chi connectivity index (χ0v) is 15.4. The van der Waals surface area contributed by atoms with Gasteiger partial charge in [0.15, 0.2) is 0 Å². The number of carbonyl (C=O) groups excluding carboxylic acids is 2. The molecule has 5 heteroatoms. The summed E-state index contributed by atoms with van der Waals surface area (Å²) in [5.74, 6) is 2.41. The molecule has 1 aromatic heterocycles. The summed E-state index contributed by atoms with van der Waals surface area (Å²) in [4.78, 5) is 29.9. The third-order valence-electron chi connectivity index (χ3n) is 4.42. The van der Waals surface area contributed by atoms with Gasteiger partial charge in [-0.3, -0.25) is 9.59 Å². The van der Waals surface area contributed by atoms with Crippen molar-refractivity contribution in [3.05, 3.63) is 78.0 Å². The van der Waals surface area contributed by atoms with E-state index < -0.39 is 0 Å². The second-order valence-electron chi connectivity index (χ2n) is 6.33. The van der Waals surface area contributed by atoms with Gasteiger partial charge in [-0.15, -0.1) is 6.42 Å². The molecule has 0 radical (unpaired) electrons. The Bertz CT molecular complexity index is 1180. The Hall–Kier alpha value is -4.17. The Morgan fingerprint density at radius 2 is 1.65 bits per heavy atom. The highest BCUT2D eigenvalue weighted by Crippen LogP contribution is 2.28. The number of para-hydroxylation sites is 1. The van der Waals surface area contributed by atoms with Crippen molar-refractivity contribution in [1.29, 1.82) is 0 Å². The van der Waals surface area contributed by atoms with Crippen molar-refractivity contribution in [3.8, 4) is 18.1 Å². The molecule has 0 fully saturated rings. The minimum atomic E-state index is -0.364. The monoisotopic (exact) mass is 412 g/mol. The average Bonchev–Trinajstić information content (AvgIpc) is 3.09. The smallest absolute Gasteiger partial charge is 0.258 e. The largest absolute Gasteiger partial charge is 0.481 e. The number of hydrogen-bond acceptors (Lipinski definition) is 4. The molecule has 0 saturated carbocycles. The first-order valence-corrected chi connectivity index (χ1v) is 8.96. The number of nitrogens with zero attached hydrogens (tertiary/aromatic N) is 2. The fourth-order valence-electron chi connectivity index (χ4n) is 3.04. The first-order chi connectivity index (χ1) is 14.2. The van der Waals surface area contributed by atoms with Crippen LogP contribution in [-0.2, 0) is 9.59 Å². The predicted octanol–water partition coefficient (Wildman–Crippen LogP) is 5.12. The van der Waals surface area contributed by atoms with E-state index in [0.717, 1.165) is 15.8 Å². The van der Waals surface area contributed by atoms with Gasteiger partial charge < -0.3 is 4.74 Å². The molecule has 5 nitrogen and oxygen atoms in total. The predicted molar refractivity (Wildman–Crippen MR) is 127 cm³/mol. The van der Waals surface area contributed by atoms with Gasteiger partial charge in [-0.1, -0.05) is 57.2 Å². The summed E-state index contributed by atoms with van der Waals surface area (Å²) in [5.41, 5.74) is 2.76. The fourth-order valence-corrected chi connectivity index (χ4v) is 3.04. The van der Waals surface area contributed by atoms with E-state index >= 15 is 0 Å². The lowest BCUT2D eigenvalue weighted by atomic mass is 10.1. The number of benzene rings is 2. The molecule has 2 heterocycles. The van der Waals surface area contributed by atoms with Crippen LogP contribution in [0, 0.1) is 12.3 Å². The maximum Gasteiger partial charge on any atom is 0.258 e. The van der Waals surface area contributed by atoms with Crippen molar-refractivity contribution in [2.75, 3.05) is 11.5 Å². The Morgan fingerprint density at radius 1 is 0.935 bits per heavy atom. The molecule has 0 unspecified atom stereocenters. The van der Waals surface area contributed by atoms with Crippen LogP contribution in [-0.4, -0.2) is 23.4 Å². The van der Waals surface area contributed by atoms with Gasteiger partial charge in [-0.05, 0) is 35.9 Å². The third-order valence-corrected chi connectivity index (χ3v) is 4.42. The molecule has 0 aliphatic carbocycles. The second kappa shape index (κ2) is 10.0. The highest BCUT2D eigenvalue weighted by molar-refractivity contribution is 6.30. The Labute approximate surface area is 182 Å². The lowest BCUT2D eigenvalue weighted by Crippen LogP contribution is -2.29. The van der Waals surface area contributed by atoms with E-state index in [1.807, 2.05) is 54.6 Å². The Morgan fingerprint density at radius 3 is 2.32 bits per heavy atom. The number of imide groups is 1. The van der Waals surface area contributed by atoms with Gasteiger partial charge in [0.2, 0.25) is 0 Å². The number of amides is 2. The zero-order chi connectivity index (χ0) is 20.2. The summed E-state index contributed by atoms with van der Waals surface area (Å²) in [6.07, 6.45) is 11.5. The van der Waals surface area contributed by atoms with Gasteiger partial charge in [-0.25, -0.2) is 9.88 Å². The minimum absolute atomic E-state index is 0. The first kappa shape index (κ1) is 23.1. The van der Waals surface area contributed by atoms with Crippen LogP contribution in [0.15, 0.2) is 66.7 Å². The van der Waals surface area contributed by atoms with E-state index in [1.165, 1.54) is 12.2 Å². The van der Waals surface area contributed by atoms with E-state index in [4.69, 9.17) is 11.2 Å². The van der Waals surface area contributed by atoms with Crippen molar-refractivity contribution in [1.82, 2.24) is 4.98 Å². The van der Waals surface area contributed by atoms with Crippen LogP contribution in [0.25, 0.3) is 23.1 Å². The van der Waals surface area contributed by atoms with Crippen LogP contribution in [0.2, 0.25) is 0 Å². The number of terminal acetylenes is 1. The number of rotatable bonds is 5. The van der Waals surface area contributed by atoms with E-state index in [1.54, 1.807) is 12.1 Å². The fraction of sp³-hybridized carbons (Fsp3) is 0.115. The number of carbonyl (C=O) groups is 2. The standard InChI is InChI=1S/C24H16N2O3.2CH4/c1-2-16-29-20-12-7-17(8-13-20)6-10-19-11-9-18-4-3-5-21(24(18)25-19)26-22(27)14-15-23(26)28;;/h1,3-15H,16H2;2*1H4/b10-6+;;.